The van der Waals surface area contributed by atoms with Crippen molar-refractivity contribution in [3.8, 4) is 23.8 Å². The summed E-state index contributed by atoms with van der Waals surface area (Å²) in [6.45, 7) is 4.42. The number of nitrogens with zero attached hydrogens (tertiary/aromatic N) is 1. The van der Waals surface area contributed by atoms with E-state index >= 15 is 0 Å². The quantitative estimate of drug-likeness (QED) is 0.0926. The van der Waals surface area contributed by atoms with Crippen molar-refractivity contribution in [2.45, 2.75) is 155 Å². The molecule has 234 valence electrons. The van der Waals surface area contributed by atoms with Gasteiger partial charge in [0.05, 0.1) is 11.0 Å². The van der Waals surface area contributed by atoms with E-state index in [1.165, 1.54) is 150 Å². The van der Waals surface area contributed by atoms with Gasteiger partial charge in [0, 0.05) is 22.7 Å². The lowest BCUT2D eigenvalue weighted by Crippen LogP contribution is -1.90. The zero-order valence-electron chi connectivity index (χ0n) is 27.6. The second-order valence-corrected chi connectivity index (χ2v) is 12.6. The van der Waals surface area contributed by atoms with Crippen LogP contribution in [0.15, 0.2) is 36.4 Å². The molecule has 2 nitrogen and oxygen atoms in total. The summed E-state index contributed by atoms with van der Waals surface area (Å²) in [5.74, 6) is 8.35. The van der Waals surface area contributed by atoms with E-state index in [9.17, 15) is 0 Å². The van der Waals surface area contributed by atoms with Gasteiger partial charge < -0.3 is 5.11 Å². The van der Waals surface area contributed by atoms with Gasteiger partial charge in [-0.05, 0) is 67.0 Å². The lowest BCUT2D eigenvalue weighted by molar-refractivity contribution is 0.350. The van der Waals surface area contributed by atoms with E-state index in [2.05, 4.69) is 78.6 Å². The second kappa shape index (κ2) is 21.9. The van der Waals surface area contributed by atoms with Crippen LogP contribution in [0.3, 0.4) is 0 Å². The van der Waals surface area contributed by atoms with Gasteiger partial charge in [-0.25, -0.2) is 0 Å². The van der Waals surface area contributed by atoms with Gasteiger partial charge in [-0.1, -0.05) is 147 Å². The van der Waals surface area contributed by atoms with Crippen LogP contribution in [0, 0.1) is 23.8 Å². The van der Waals surface area contributed by atoms with Crippen LogP contribution in [0.4, 0.5) is 0 Å². The Bertz CT molecular complexity index is 1230. The molecule has 3 aromatic rings. The first-order chi connectivity index (χ1) is 21.3. The third-order valence-corrected chi connectivity index (χ3v) is 8.93. The molecule has 1 N–H and O–H groups in total. The molecule has 0 aliphatic carbocycles. The van der Waals surface area contributed by atoms with Crippen molar-refractivity contribution in [2.24, 2.45) is 0 Å². The first-order valence-corrected chi connectivity index (χ1v) is 17.9. The number of fused-ring (bicyclic) bond motifs is 3. The minimum Gasteiger partial charge on any atom is -0.384 e. The minimum absolute atomic E-state index is 0.160. The van der Waals surface area contributed by atoms with Crippen LogP contribution in [0.2, 0.25) is 0 Å². The van der Waals surface area contributed by atoms with Crippen LogP contribution < -0.4 is 0 Å². The molecule has 0 unspecified atom stereocenters. The van der Waals surface area contributed by atoms with Crippen LogP contribution in [-0.2, 0) is 12.8 Å². The molecule has 2 heteroatoms. The molecular formula is C41H59NO. The Morgan fingerprint density at radius 2 is 0.907 bits per heavy atom. The smallest absolute Gasteiger partial charge is 0.105 e. The zero-order chi connectivity index (χ0) is 30.4. The van der Waals surface area contributed by atoms with Gasteiger partial charge in [0.2, 0.25) is 0 Å². The summed E-state index contributed by atoms with van der Waals surface area (Å²) < 4.78 is 2.09. The van der Waals surface area contributed by atoms with Gasteiger partial charge in [-0.15, -0.1) is 0 Å². The summed E-state index contributed by atoms with van der Waals surface area (Å²) >= 11 is 0. The number of hydrogen-bond acceptors (Lipinski definition) is 1. The van der Waals surface area contributed by atoms with Crippen LogP contribution in [0.5, 0.6) is 0 Å². The third kappa shape index (κ3) is 12.8. The molecule has 0 aliphatic heterocycles. The molecule has 0 spiro atoms. The largest absolute Gasteiger partial charge is 0.384 e. The maximum absolute atomic E-state index is 9.02. The van der Waals surface area contributed by atoms with Gasteiger partial charge in [-0.2, -0.15) is 0 Å². The SMILES string of the molecule is CCCCCCCCCCCCc1ccc2c(c1)c1cc(CCCCCCCCCCCC)ccc1n2C#CC#CCO. The van der Waals surface area contributed by atoms with Crippen LogP contribution in [0.25, 0.3) is 21.8 Å². The molecule has 43 heavy (non-hydrogen) atoms. The molecular weight excluding hydrogens is 522 g/mol. The minimum atomic E-state index is -0.160. The summed E-state index contributed by atoms with van der Waals surface area (Å²) in [4.78, 5) is 0. The van der Waals surface area contributed by atoms with Gasteiger partial charge in [0.15, 0.2) is 0 Å². The fourth-order valence-corrected chi connectivity index (χ4v) is 6.35. The lowest BCUT2D eigenvalue weighted by atomic mass is 10.0. The van der Waals surface area contributed by atoms with Crippen LogP contribution >= 0.6 is 0 Å². The molecule has 0 radical (unpaired) electrons. The van der Waals surface area contributed by atoms with Crippen molar-refractivity contribution in [1.29, 1.82) is 0 Å². The summed E-state index contributed by atoms with van der Waals surface area (Å²) in [7, 11) is 0. The fourth-order valence-electron chi connectivity index (χ4n) is 6.35. The Morgan fingerprint density at radius 3 is 1.30 bits per heavy atom. The number of unbranched alkanes of at least 4 members (excludes halogenated alkanes) is 18. The number of benzene rings is 2. The van der Waals surface area contributed by atoms with Gasteiger partial charge >= 0.3 is 0 Å². The Morgan fingerprint density at radius 1 is 0.512 bits per heavy atom. The van der Waals surface area contributed by atoms with E-state index in [4.69, 9.17) is 5.11 Å². The summed E-state index contributed by atoms with van der Waals surface area (Å²) in [6, 6.07) is 17.1. The van der Waals surface area contributed by atoms with Gasteiger partial charge in [-0.3, -0.25) is 4.57 Å². The second-order valence-electron chi connectivity index (χ2n) is 12.6. The van der Waals surface area contributed by atoms with Crippen molar-refractivity contribution in [2.75, 3.05) is 6.61 Å². The molecule has 2 aromatic carbocycles. The highest BCUT2D eigenvalue weighted by Crippen LogP contribution is 2.31. The first kappa shape index (κ1) is 34.8. The van der Waals surface area contributed by atoms with Crippen molar-refractivity contribution >= 4 is 21.8 Å². The van der Waals surface area contributed by atoms with Crippen molar-refractivity contribution in [3.63, 3.8) is 0 Å². The van der Waals surface area contributed by atoms with Crippen LogP contribution in [0.1, 0.15) is 153 Å². The monoisotopic (exact) mass is 581 g/mol. The molecule has 1 aromatic heterocycles. The van der Waals surface area contributed by atoms with Gasteiger partial charge in [0.1, 0.15) is 6.61 Å². The molecule has 0 aliphatic rings. The van der Waals surface area contributed by atoms with E-state index in [0.717, 1.165) is 23.9 Å². The predicted octanol–water partition coefficient (Wildman–Crippen LogP) is 11.5. The Hall–Kier alpha value is -2.68. The van der Waals surface area contributed by atoms with E-state index in [0.29, 0.717) is 0 Å². The third-order valence-electron chi connectivity index (χ3n) is 8.93. The standard InChI is InChI=1S/C41H59NO/c1-3-5-7-9-11-13-15-17-19-22-26-36-28-30-40-38(34-36)39-35-37(27-23-20-18-16-14-12-10-8-6-4-2)29-31-41(39)42(40)32-24-21-25-33-43/h28-31,34-35,43H,3-20,22-23,26-27,33H2,1-2H3. The predicted molar refractivity (Wildman–Crippen MR) is 189 cm³/mol. The highest BCUT2D eigenvalue weighted by atomic mass is 16.2. The Balaban J connectivity index is 1.58. The van der Waals surface area contributed by atoms with Crippen molar-refractivity contribution in [3.05, 3.63) is 47.5 Å². The number of aliphatic hydroxyl groups excluding tert-OH is 1. The highest BCUT2D eigenvalue weighted by molar-refractivity contribution is 6.09. The molecule has 3 rings (SSSR count). The molecule has 0 saturated heterocycles. The molecule has 0 saturated carbocycles. The zero-order valence-corrected chi connectivity index (χ0v) is 27.6. The number of hydrogen-bond donors (Lipinski definition) is 1. The number of aryl methyl sites for hydroxylation is 2. The Kier molecular flexibility index (Phi) is 17.7. The normalized spacial score (nSPS) is 11.0. The summed E-state index contributed by atoms with van der Waals surface area (Å²) in [5.41, 5.74) is 5.16. The number of rotatable bonds is 22. The molecule has 0 atom stereocenters. The topological polar surface area (TPSA) is 25.2 Å². The molecule has 0 fully saturated rings. The van der Waals surface area contributed by atoms with Gasteiger partial charge in [0.25, 0.3) is 0 Å². The number of aliphatic hydroxyl groups is 1. The fraction of sp³-hybridized carbons (Fsp3) is 0.610. The van der Waals surface area contributed by atoms with E-state index in [1.54, 1.807) is 0 Å². The number of aromatic nitrogens is 1. The molecule has 1 heterocycles. The lowest BCUT2D eigenvalue weighted by Gasteiger charge is -2.05. The highest BCUT2D eigenvalue weighted by Gasteiger charge is 2.11. The van der Waals surface area contributed by atoms with E-state index in [1.807, 2.05) is 0 Å². The first-order valence-electron chi connectivity index (χ1n) is 17.9. The maximum Gasteiger partial charge on any atom is 0.105 e. The summed E-state index contributed by atoms with van der Waals surface area (Å²) in [6.07, 6.45) is 29.7. The Labute approximate surface area is 264 Å². The summed E-state index contributed by atoms with van der Waals surface area (Å²) in [5, 5.41) is 11.6. The van der Waals surface area contributed by atoms with E-state index in [-0.39, 0.29) is 6.61 Å². The maximum atomic E-state index is 9.02. The average Bonchev–Trinajstić information content (AvgIpc) is 3.33. The van der Waals surface area contributed by atoms with Crippen molar-refractivity contribution < 1.29 is 5.11 Å². The van der Waals surface area contributed by atoms with Crippen LogP contribution in [-0.4, -0.2) is 16.3 Å². The molecule has 0 bridgehead atoms. The van der Waals surface area contributed by atoms with E-state index < -0.39 is 0 Å². The molecule has 0 amide bonds. The average molecular weight is 582 g/mol. The van der Waals surface area contributed by atoms with Crippen molar-refractivity contribution in [1.82, 2.24) is 4.57 Å².